The molecule has 0 aromatic heterocycles. The molecule has 0 aliphatic carbocycles. The van der Waals surface area contributed by atoms with E-state index in [0.29, 0.717) is 11.1 Å². The second kappa shape index (κ2) is 8.11. The number of carbonyl (C=O) groups is 1. The third kappa shape index (κ3) is 4.67. The number of rotatable bonds is 5. The zero-order valence-electron chi connectivity index (χ0n) is 15.7. The van der Waals surface area contributed by atoms with Gasteiger partial charge in [-0.3, -0.25) is 4.79 Å². The minimum absolute atomic E-state index is 0.0129. The lowest BCUT2D eigenvalue weighted by molar-refractivity contribution is -0.115. The lowest BCUT2D eigenvalue weighted by Crippen LogP contribution is -2.09. The van der Waals surface area contributed by atoms with Gasteiger partial charge in [-0.1, -0.05) is 18.2 Å². The molecule has 1 aliphatic heterocycles. The summed E-state index contributed by atoms with van der Waals surface area (Å²) >= 11 is 0. The molecule has 3 aromatic carbocycles. The third-order valence-electron chi connectivity index (χ3n) is 4.18. The molecule has 1 amide bonds. The number of halogens is 2. The van der Waals surface area contributed by atoms with E-state index in [-0.39, 0.29) is 22.3 Å². The topological polar surface area (TPSA) is 82.0 Å². The van der Waals surface area contributed by atoms with Gasteiger partial charge in [0.25, 0.3) is 0 Å². The summed E-state index contributed by atoms with van der Waals surface area (Å²) in [5.41, 5.74) is 0.845. The van der Waals surface area contributed by atoms with E-state index in [0.717, 1.165) is 24.3 Å². The molecule has 1 aliphatic rings. The molecule has 4 rings (SSSR count). The molecular weight excluding hydrogens is 428 g/mol. The van der Waals surface area contributed by atoms with Crippen LogP contribution in [0.5, 0.6) is 5.75 Å². The molecule has 156 valence electrons. The standard InChI is InChI=1S/C22H13F2NO5S/c23-16-6-10-19(11-7-16)31(27,28)30-18-8-4-14(5-9-18)12-20-21(26)25-22(29-20)15-2-1-3-17(24)13-15/h1-13H/b20-12+. The van der Waals surface area contributed by atoms with Crippen molar-refractivity contribution >= 4 is 28.0 Å². The number of nitrogens with zero attached hydrogens (tertiary/aromatic N) is 1. The SMILES string of the molecule is O=C1N=C(c2cccc(F)c2)O/C1=C/c1ccc(OS(=O)(=O)c2ccc(F)cc2)cc1. The normalized spacial score (nSPS) is 15.0. The van der Waals surface area contributed by atoms with Crippen LogP contribution in [0.1, 0.15) is 11.1 Å². The largest absolute Gasteiger partial charge is 0.432 e. The molecule has 0 bridgehead atoms. The molecular formula is C22H13F2NO5S. The van der Waals surface area contributed by atoms with Crippen molar-refractivity contribution in [1.82, 2.24) is 0 Å². The van der Waals surface area contributed by atoms with Gasteiger partial charge >= 0.3 is 16.0 Å². The van der Waals surface area contributed by atoms with Crippen molar-refractivity contribution in [2.75, 3.05) is 0 Å². The number of aliphatic imine (C=N–C) groups is 1. The molecule has 6 nitrogen and oxygen atoms in total. The van der Waals surface area contributed by atoms with Gasteiger partial charge < -0.3 is 8.92 Å². The predicted molar refractivity (Wildman–Crippen MR) is 108 cm³/mol. The average Bonchev–Trinajstić information content (AvgIpc) is 3.10. The molecule has 0 spiro atoms. The number of carbonyl (C=O) groups excluding carboxylic acids is 1. The molecule has 0 atom stereocenters. The van der Waals surface area contributed by atoms with E-state index in [4.69, 9.17) is 8.92 Å². The van der Waals surface area contributed by atoms with Crippen LogP contribution in [-0.2, 0) is 19.6 Å². The minimum Gasteiger partial charge on any atom is -0.432 e. The van der Waals surface area contributed by atoms with Gasteiger partial charge in [0.15, 0.2) is 5.76 Å². The van der Waals surface area contributed by atoms with Crippen LogP contribution in [0.2, 0.25) is 0 Å². The van der Waals surface area contributed by atoms with Gasteiger partial charge in [0.1, 0.15) is 22.3 Å². The Balaban J connectivity index is 1.48. The summed E-state index contributed by atoms with van der Waals surface area (Å²) in [5, 5.41) is 0. The van der Waals surface area contributed by atoms with Gasteiger partial charge in [-0.05, 0) is 66.2 Å². The zero-order chi connectivity index (χ0) is 22.0. The molecule has 31 heavy (non-hydrogen) atoms. The molecule has 0 saturated carbocycles. The smallest absolute Gasteiger partial charge is 0.339 e. The van der Waals surface area contributed by atoms with Crippen LogP contribution in [-0.4, -0.2) is 20.2 Å². The molecule has 0 radical (unpaired) electrons. The first-order valence-electron chi connectivity index (χ1n) is 8.89. The summed E-state index contributed by atoms with van der Waals surface area (Å²) in [5.74, 6) is -1.72. The van der Waals surface area contributed by atoms with E-state index in [9.17, 15) is 22.0 Å². The van der Waals surface area contributed by atoms with Crippen molar-refractivity contribution in [3.05, 3.63) is 101 Å². The minimum atomic E-state index is -4.13. The zero-order valence-corrected chi connectivity index (χ0v) is 16.5. The molecule has 0 N–H and O–H groups in total. The summed E-state index contributed by atoms with van der Waals surface area (Å²) in [6.45, 7) is 0. The molecule has 1 heterocycles. The maximum absolute atomic E-state index is 13.4. The van der Waals surface area contributed by atoms with Gasteiger partial charge in [-0.15, -0.1) is 0 Å². The van der Waals surface area contributed by atoms with Crippen molar-refractivity contribution in [3.63, 3.8) is 0 Å². The number of amides is 1. The summed E-state index contributed by atoms with van der Waals surface area (Å²) in [4.78, 5) is 15.7. The maximum atomic E-state index is 13.4. The second-order valence-electron chi connectivity index (χ2n) is 6.40. The van der Waals surface area contributed by atoms with Gasteiger partial charge in [-0.25, -0.2) is 8.78 Å². The van der Waals surface area contributed by atoms with Crippen molar-refractivity contribution in [2.45, 2.75) is 4.90 Å². The fourth-order valence-electron chi connectivity index (χ4n) is 2.70. The highest BCUT2D eigenvalue weighted by Gasteiger charge is 2.24. The van der Waals surface area contributed by atoms with E-state index < -0.39 is 27.7 Å². The van der Waals surface area contributed by atoms with Crippen LogP contribution in [0.15, 0.2) is 88.4 Å². The monoisotopic (exact) mass is 441 g/mol. The highest BCUT2D eigenvalue weighted by Crippen LogP contribution is 2.23. The summed E-state index contributed by atoms with van der Waals surface area (Å²) in [7, 11) is -4.13. The number of ether oxygens (including phenoxy) is 1. The number of hydrogen-bond donors (Lipinski definition) is 0. The van der Waals surface area contributed by atoms with E-state index in [1.807, 2.05) is 0 Å². The van der Waals surface area contributed by atoms with Crippen LogP contribution < -0.4 is 4.18 Å². The van der Waals surface area contributed by atoms with E-state index in [2.05, 4.69) is 4.99 Å². The highest BCUT2D eigenvalue weighted by atomic mass is 32.2. The van der Waals surface area contributed by atoms with E-state index >= 15 is 0 Å². The van der Waals surface area contributed by atoms with Gasteiger partial charge in [0, 0.05) is 5.56 Å². The Morgan fingerprint density at radius 2 is 1.61 bits per heavy atom. The predicted octanol–water partition coefficient (Wildman–Crippen LogP) is 4.08. The third-order valence-corrected chi connectivity index (χ3v) is 5.44. The fraction of sp³-hybridized carbons (Fsp3) is 0. The number of benzene rings is 3. The van der Waals surface area contributed by atoms with Crippen molar-refractivity contribution in [3.8, 4) is 5.75 Å². The van der Waals surface area contributed by atoms with Crippen molar-refractivity contribution < 1.29 is 30.9 Å². The first-order chi connectivity index (χ1) is 14.8. The van der Waals surface area contributed by atoms with Crippen molar-refractivity contribution in [1.29, 1.82) is 0 Å². The molecule has 0 saturated heterocycles. The van der Waals surface area contributed by atoms with Gasteiger partial charge in [-0.2, -0.15) is 13.4 Å². The van der Waals surface area contributed by atoms with E-state index in [1.54, 1.807) is 6.07 Å². The average molecular weight is 441 g/mol. The second-order valence-corrected chi connectivity index (χ2v) is 7.95. The fourth-order valence-corrected chi connectivity index (χ4v) is 3.63. The molecule has 0 fully saturated rings. The maximum Gasteiger partial charge on any atom is 0.339 e. The Bertz CT molecular complexity index is 1310. The summed E-state index contributed by atoms with van der Waals surface area (Å²) in [6.07, 6.45) is 1.41. The summed E-state index contributed by atoms with van der Waals surface area (Å²) < 4.78 is 61.3. The van der Waals surface area contributed by atoms with Crippen LogP contribution in [0.4, 0.5) is 8.78 Å². The first-order valence-corrected chi connectivity index (χ1v) is 10.3. The van der Waals surface area contributed by atoms with Crippen LogP contribution >= 0.6 is 0 Å². The molecule has 0 unspecified atom stereocenters. The molecule has 9 heteroatoms. The van der Waals surface area contributed by atoms with Crippen molar-refractivity contribution in [2.24, 2.45) is 4.99 Å². The lowest BCUT2D eigenvalue weighted by Gasteiger charge is -2.07. The Hall–Kier alpha value is -3.85. The Morgan fingerprint density at radius 1 is 0.903 bits per heavy atom. The van der Waals surface area contributed by atoms with Crippen LogP contribution in [0.3, 0.4) is 0 Å². The Labute approximate surface area is 176 Å². The van der Waals surface area contributed by atoms with Gasteiger partial charge in [0.05, 0.1) is 0 Å². The molecule has 3 aromatic rings. The quantitative estimate of drug-likeness (QED) is 0.440. The van der Waals surface area contributed by atoms with E-state index in [1.165, 1.54) is 48.5 Å². The first kappa shape index (κ1) is 20.4. The van der Waals surface area contributed by atoms with Crippen LogP contribution in [0.25, 0.3) is 6.08 Å². The number of hydrogen-bond acceptors (Lipinski definition) is 5. The van der Waals surface area contributed by atoms with Crippen LogP contribution in [0, 0.1) is 11.6 Å². The Kier molecular flexibility index (Phi) is 5.35. The summed E-state index contributed by atoms with van der Waals surface area (Å²) in [6, 6.07) is 15.5. The Morgan fingerprint density at radius 3 is 2.29 bits per heavy atom. The van der Waals surface area contributed by atoms with Gasteiger partial charge in [0.2, 0.25) is 5.90 Å². The highest BCUT2D eigenvalue weighted by molar-refractivity contribution is 7.87. The lowest BCUT2D eigenvalue weighted by atomic mass is 10.2.